The summed E-state index contributed by atoms with van der Waals surface area (Å²) in [6.07, 6.45) is 0.921. The summed E-state index contributed by atoms with van der Waals surface area (Å²) in [5.41, 5.74) is 1.95. The van der Waals surface area contributed by atoms with Crippen LogP contribution in [0, 0.1) is 0 Å². The molecule has 3 N–H and O–H groups in total. The summed E-state index contributed by atoms with van der Waals surface area (Å²) in [5.74, 6) is 0.652. The van der Waals surface area contributed by atoms with Crippen molar-refractivity contribution in [2.75, 3.05) is 32.2 Å². The molecule has 0 radical (unpaired) electrons. The molecule has 1 aliphatic rings. The molecular weight excluding hydrogens is 218 g/mol. The van der Waals surface area contributed by atoms with Gasteiger partial charge in [0.05, 0.1) is 5.69 Å². The van der Waals surface area contributed by atoms with Crippen LogP contribution in [0.2, 0.25) is 0 Å². The fourth-order valence-electron chi connectivity index (χ4n) is 1.73. The highest BCUT2D eigenvalue weighted by Crippen LogP contribution is 2.28. The van der Waals surface area contributed by atoms with Crippen LogP contribution in [0.25, 0.3) is 0 Å². The topological polar surface area (TPSA) is 62.4 Å². The molecule has 17 heavy (non-hydrogen) atoms. The lowest BCUT2D eigenvalue weighted by molar-refractivity contribution is -0.118. The first kappa shape index (κ1) is 11.9. The predicted molar refractivity (Wildman–Crippen MR) is 66.2 cm³/mol. The minimum atomic E-state index is -0.0945. The quantitative estimate of drug-likeness (QED) is 0.508. The van der Waals surface area contributed by atoms with E-state index in [1.54, 1.807) is 0 Å². The van der Waals surface area contributed by atoms with Gasteiger partial charge in [-0.1, -0.05) is 6.07 Å². The summed E-state index contributed by atoms with van der Waals surface area (Å²) in [6, 6.07) is 5.90. The van der Waals surface area contributed by atoms with E-state index in [0.29, 0.717) is 0 Å². The van der Waals surface area contributed by atoms with Crippen molar-refractivity contribution in [3.05, 3.63) is 23.8 Å². The van der Waals surface area contributed by atoms with Crippen LogP contribution in [0.15, 0.2) is 18.2 Å². The maximum Gasteiger partial charge on any atom is 0.262 e. The summed E-state index contributed by atoms with van der Waals surface area (Å²) in [4.78, 5) is 11.2. The average molecular weight is 235 g/mol. The Kier molecular flexibility index (Phi) is 3.95. The molecule has 0 fully saturated rings. The molecule has 2 rings (SSSR count). The van der Waals surface area contributed by atoms with Gasteiger partial charge in [-0.05, 0) is 31.2 Å². The van der Waals surface area contributed by atoms with Gasteiger partial charge in [0.25, 0.3) is 5.91 Å². The van der Waals surface area contributed by atoms with Crippen molar-refractivity contribution in [1.29, 1.82) is 0 Å². The maximum absolute atomic E-state index is 11.2. The summed E-state index contributed by atoms with van der Waals surface area (Å²) in [7, 11) is 1.90. The van der Waals surface area contributed by atoms with E-state index in [4.69, 9.17) is 4.74 Å². The smallest absolute Gasteiger partial charge is 0.262 e. The second-order valence-corrected chi connectivity index (χ2v) is 3.95. The van der Waals surface area contributed by atoms with E-state index in [9.17, 15) is 4.79 Å². The molecule has 1 amide bonds. The third kappa shape index (κ3) is 3.18. The van der Waals surface area contributed by atoms with E-state index >= 15 is 0 Å². The van der Waals surface area contributed by atoms with Crippen molar-refractivity contribution in [3.8, 4) is 5.75 Å². The number of anilines is 1. The lowest BCUT2D eigenvalue weighted by Crippen LogP contribution is -2.28. The van der Waals surface area contributed by atoms with Gasteiger partial charge in [-0.3, -0.25) is 4.79 Å². The average Bonchev–Trinajstić information content (AvgIpc) is 2.34. The number of carbonyl (C=O) groups is 1. The number of fused-ring (bicyclic) bond motifs is 1. The van der Waals surface area contributed by atoms with Crippen LogP contribution in [-0.4, -0.2) is 32.8 Å². The fraction of sp³-hybridized carbons (Fsp3) is 0.417. The number of rotatable bonds is 5. The Bertz CT molecular complexity index is 407. The van der Waals surface area contributed by atoms with Crippen molar-refractivity contribution >= 4 is 11.6 Å². The Morgan fingerprint density at radius 1 is 1.47 bits per heavy atom. The van der Waals surface area contributed by atoms with Crippen LogP contribution in [-0.2, 0) is 11.2 Å². The largest absolute Gasteiger partial charge is 0.482 e. The molecule has 0 atom stereocenters. The molecule has 0 aliphatic carbocycles. The number of benzene rings is 1. The van der Waals surface area contributed by atoms with Crippen molar-refractivity contribution in [3.63, 3.8) is 0 Å². The van der Waals surface area contributed by atoms with Crippen LogP contribution in [0.4, 0.5) is 5.69 Å². The number of nitrogens with one attached hydrogen (secondary N) is 3. The van der Waals surface area contributed by atoms with Gasteiger partial charge in [0.1, 0.15) is 5.75 Å². The minimum Gasteiger partial charge on any atom is -0.482 e. The van der Waals surface area contributed by atoms with Crippen LogP contribution >= 0.6 is 0 Å². The Morgan fingerprint density at radius 2 is 2.35 bits per heavy atom. The van der Waals surface area contributed by atoms with Crippen LogP contribution in [0.5, 0.6) is 5.75 Å². The molecular formula is C12H17N3O2. The Balaban J connectivity index is 1.95. The normalized spacial score (nSPS) is 13.8. The molecule has 1 aromatic rings. The molecule has 5 heteroatoms. The molecule has 0 saturated carbocycles. The standard InChI is InChI=1S/C12H17N3O2/c1-13-8-14-5-4-9-2-3-11-10(6-9)15-12(16)7-17-11/h2-3,6,13-14H,4-5,7-8H2,1H3,(H,15,16). The Hall–Kier alpha value is -1.59. The van der Waals surface area contributed by atoms with Gasteiger partial charge in [0, 0.05) is 13.2 Å². The molecule has 92 valence electrons. The summed E-state index contributed by atoms with van der Waals surface area (Å²) in [5, 5.41) is 9.07. The van der Waals surface area contributed by atoms with Gasteiger partial charge in [-0.15, -0.1) is 0 Å². The van der Waals surface area contributed by atoms with E-state index in [-0.39, 0.29) is 12.5 Å². The lowest BCUT2D eigenvalue weighted by Gasteiger charge is -2.18. The summed E-state index contributed by atoms with van der Waals surface area (Å²) < 4.78 is 5.30. The zero-order valence-corrected chi connectivity index (χ0v) is 9.88. The zero-order chi connectivity index (χ0) is 12.1. The molecule has 1 heterocycles. The van der Waals surface area contributed by atoms with Crippen molar-refractivity contribution in [2.45, 2.75) is 6.42 Å². The first-order valence-electron chi connectivity index (χ1n) is 5.70. The van der Waals surface area contributed by atoms with Crippen molar-refractivity contribution in [2.24, 2.45) is 0 Å². The maximum atomic E-state index is 11.2. The van der Waals surface area contributed by atoms with Gasteiger partial charge >= 0.3 is 0 Å². The first-order valence-corrected chi connectivity index (χ1v) is 5.70. The van der Waals surface area contributed by atoms with Gasteiger partial charge in [-0.25, -0.2) is 0 Å². The molecule has 0 saturated heterocycles. The second-order valence-electron chi connectivity index (χ2n) is 3.95. The SMILES string of the molecule is CNCNCCc1ccc2c(c1)NC(=O)CO2. The number of hydrogen-bond acceptors (Lipinski definition) is 4. The molecule has 0 spiro atoms. The summed E-state index contributed by atoms with van der Waals surface area (Å²) >= 11 is 0. The Labute approximate surface area is 101 Å². The van der Waals surface area contributed by atoms with Gasteiger partial charge in [0.15, 0.2) is 6.61 Å². The van der Waals surface area contributed by atoms with Crippen LogP contribution < -0.4 is 20.7 Å². The third-order valence-electron chi connectivity index (χ3n) is 2.57. The van der Waals surface area contributed by atoms with Crippen LogP contribution in [0.3, 0.4) is 0 Å². The van der Waals surface area contributed by atoms with Crippen molar-refractivity contribution in [1.82, 2.24) is 10.6 Å². The number of amides is 1. The van der Waals surface area contributed by atoms with Gasteiger partial charge < -0.3 is 20.7 Å². The van der Waals surface area contributed by atoms with E-state index < -0.39 is 0 Å². The monoisotopic (exact) mass is 235 g/mol. The summed E-state index contributed by atoms with van der Waals surface area (Å²) in [6.45, 7) is 1.80. The van der Waals surface area contributed by atoms with Gasteiger partial charge in [0.2, 0.25) is 0 Å². The zero-order valence-electron chi connectivity index (χ0n) is 9.88. The molecule has 0 aromatic heterocycles. The first-order chi connectivity index (χ1) is 8.29. The van der Waals surface area contributed by atoms with E-state index in [2.05, 4.69) is 16.0 Å². The van der Waals surface area contributed by atoms with Crippen molar-refractivity contribution < 1.29 is 9.53 Å². The highest BCUT2D eigenvalue weighted by Gasteiger charge is 2.15. The Morgan fingerprint density at radius 3 is 3.18 bits per heavy atom. The third-order valence-corrected chi connectivity index (χ3v) is 2.57. The van der Waals surface area contributed by atoms with E-state index in [1.807, 2.05) is 25.2 Å². The molecule has 0 bridgehead atoms. The molecule has 1 aliphatic heterocycles. The number of ether oxygens (including phenoxy) is 1. The molecule has 0 unspecified atom stereocenters. The highest BCUT2D eigenvalue weighted by molar-refractivity contribution is 5.95. The van der Waals surface area contributed by atoms with Crippen LogP contribution in [0.1, 0.15) is 5.56 Å². The fourth-order valence-corrected chi connectivity index (χ4v) is 1.73. The highest BCUT2D eigenvalue weighted by atomic mass is 16.5. The number of hydrogen-bond donors (Lipinski definition) is 3. The molecule has 1 aromatic carbocycles. The minimum absolute atomic E-state index is 0.0945. The van der Waals surface area contributed by atoms with E-state index in [1.165, 1.54) is 5.56 Å². The predicted octanol–water partition coefficient (Wildman–Crippen LogP) is 0.326. The second kappa shape index (κ2) is 5.65. The lowest BCUT2D eigenvalue weighted by atomic mass is 10.1. The molecule has 5 nitrogen and oxygen atoms in total. The van der Waals surface area contributed by atoms with E-state index in [0.717, 1.165) is 31.1 Å². The van der Waals surface area contributed by atoms with Gasteiger partial charge in [-0.2, -0.15) is 0 Å². The number of carbonyl (C=O) groups excluding carboxylic acids is 1.